The van der Waals surface area contributed by atoms with Gasteiger partial charge in [-0.2, -0.15) is 0 Å². The summed E-state index contributed by atoms with van der Waals surface area (Å²) in [5.74, 6) is 1.86. The van der Waals surface area contributed by atoms with Crippen LogP contribution in [0.15, 0.2) is 53.0 Å². The zero-order valence-electron chi connectivity index (χ0n) is 17.1. The van der Waals surface area contributed by atoms with Crippen molar-refractivity contribution in [1.82, 2.24) is 9.88 Å². The van der Waals surface area contributed by atoms with Crippen LogP contribution in [0.1, 0.15) is 36.1 Å². The number of benzene rings is 2. The summed E-state index contributed by atoms with van der Waals surface area (Å²) in [4.78, 5) is 7.86. The molecule has 0 bridgehead atoms. The molecule has 3 aliphatic rings. The molecule has 1 saturated heterocycles. The van der Waals surface area contributed by atoms with Crippen LogP contribution in [-0.2, 0) is 18.3 Å². The van der Waals surface area contributed by atoms with Crippen molar-refractivity contribution >= 4 is 26.8 Å². The van der Waals surface area contributed by atoms with Crippen LogP contribution in [0.2, 0.25) is 0 Å². The minimum atomic E-state index is 0.0632. The number of para-hydroxylation sites is 1. The molecule has 0 spiro atoms. The van der Waals surface area contributed by atoms with Gasteiger partial charge in [0.05, 0.1) is 5.52 Å². The molecule has 3 aromatic rings. The molecule has 6 rings (SSSR count). The number of hydrogen-bond donors (Lipinski definition) is 1. The quantitative estimate of drug-likeness (QED) is 0.560. The molecule has 1 aliphatic heterocycles. The minimum absolute atomic E-state index is 0.0632. The van der Waals surface area contributed by atoms with Crippen LogP contribution in [-0.4, -0.2) is 34.6 Å². The summed E-state index contributed by atoms with van der Waals surface area (Å²) in [6, 6.07) is 16.7. The number of phenols is 1. The van der Waals surface area contributed by atoms with Crippen molar-refractivity contribution in [2.45, 2.75) is 37.5 Å². The molecule has 2 fully saturated rings. The van der Waals surface area contributed by atoms with Crippen LogP contribution < -0.4 is 0 Å². The van der Waals surface area contributed by atoms with E-state index in [2.05, 4.69) is 51.2 Å². The van der Waals surface area contributed by atoms with Crippen molar-refractivity contribution in [2.75, 3.05) is 19.6 Å². The van der Waals surface area contributed by atoms with Gasteiger partial charge in [0.25, 0.3) is 0 Å². The molecule has 1 saturated carbocycles. The average Bonchev–Trinajstić information content (AvgIpc) is 3.55. The summed E-state index contributed by atoms with van der Waals surface area (Å²) in [6.07, 6.45) is 5.99. The Labute approximate surface area is 186 Å². The first-order valence-electron chi connectivity index (χ1n) is 11.2. The van der Waals surface area contributed by atoms with E-state index in [0.29, 0.717) is 11.7 Å². The molecular formula is C26H27BrN2O. The number of hydrogen-bond acceptors (Lipinski definition) is 3. The predicted molar refractivity (Wildman–Crippen MR) is 124 cm³/mol. The number of rotatable bonds is 3. The number of nitrogens with zero attached hydrogens (tertiary/aromatic N) is 2. The third kappa shape index (κ3) is 3.16. The fraction of sp³-hybridized carbons (Fsp3) is 0.423. The average molecular weight is 463 g/mol. The zero-order valence-corrected chi connectivity index (χ0v) is 18.7. The standard InChI is InChI=1S/C26H27BrN2O/c27-23-6-1-3-18-11-19-12-21-16-29(15-17-7-8-17)10-9-26(21,14-24(19)28-25(18)23)20-4-2-5-22(30)13-20/h1-6,11,13,17,21,30H,7-10,12,14-16H2/t21-,26-/m0/s1. The van der Waals surface area contributed by atoms with E-state index in [1.807, 2.05) is 12.1 Å². The van der Waals surface area contributed by atoms with Crippen LogP contribution in [0.3, 0.4) is 0 Å². The van der Waals surface area contributed by atoms with Gasteiger partial charge in [-0.25, -0.2) is 0 Å². The lowest BCUT2D eigenvalue weighted by Gasteiger charge is -2.51. The van der Waals surface area contributed by atoms with Crippen molar-refractivity contribution in [3.8, 4) is 5.75 Å². The highest BCUT2D eigenvalue weighted by Crippen LogP contribution is 2.49. The van der Waals surface area contributed by atoms with Crippen molar-refractivity contribution in [3.05, 3.63) is 69.8 Å². The highest BCUT2D eigenvalue weighted by molar-refractivity contribution is 9.10. The molecule has 2 heterocycles. The van der Waals surface area contributed by atoms with Gasteiger partial charge >= 0.3 is 0 Å². The van der Waals surface area contributed by atoms with Crippen LogP contribution in [0.4, 0.5) is 0 Å². The Morgan fingerprint density at radius 2 is 2.00 bits per heavy atom. The Kier molecular flexibility index (Phi) is 4.43. The molecule has 2 aromatic carbocycles. The Bertz CT molecular complexity index is 1130. The Morgan fingerprint density at radius 3 is 2.83 bits per heavy atom. The van der Waals surface area contributed by atoms with Crippen molar-refractivity contribution in [2.24, 2.45) is 11.8 Å². The highest BCUT2D eigenvalue weighted by Gasteiger charge is 2.48. The van der Waals surface area contributed by atoms with Gasteiger partial charge in [0.15, 0.2) is 0 Å². The topological polar surface area (TPSA) is 36.4 Å². The first-order valence-corrected chi connectivity index (χ1v) is 12.0. The van der Waals surface area contributed by atoms with E-state index in [-0.39, 0.29) is 5.41 Å². The van der Waals surface area contributed by atoms with E-state index < -0.39 is 0 Å². The monoisotopic (exact) mass is 462 g/mol. The second kappa shape index (κ2) is 7.06. The molecule has 0 radical (unpaired) electrons. The van der Waals surface area contributed by atoms with E-state index in [4.69, 9.17) is 4.98 Å². The van der Waals surface area contributed by atoms with Gasteiger partial charge in [-0.15, -0.1) is 0 Å². The Balaban J connectivity index is 1.45. The van der Waals surface area contributed by atoms with E-state index in [1.165, 1.54) is 41.6 Å². The van der Waals surface area contributed by atoms with E-state index >= 15 is 0 Å². The lowest BCUT2D eigenvalue weighted by atomic mass is 9.58. The Morgan fingerprint density at radius 1 is 1.13 bits per heavy atom. The van der Waals surface area contributed by atoms with Crippen molar-refractivity contribution in [1.29, 1.82) is 0 Å². The minimum Gasteiger partial charge on any atom is -0.508 e. The second-order valence-electron chi connectivity index (χ2n) is 9.64. The number of likely N-dealkylation sites (tertiary alicyclic amines) is 1. The lowest BCUT2D eigenvalue weighted by molar-refractivity contribution is 0.0777. The molecule has 154 valence electrons. The van der Waals surface area contributed by atoms with Gasteiger partial charge in [0.2, 0.25) is 0 Å². The van der Waals surface area contributed by atoms with Gasteiger partial charge in [-0.1, -0.05) is 24.3 Å². The van der Waals surface area contributed by atoms with Crippen LogP contribution in [0.25, 0.3) is 10.9 Å². The third-order valence-corrected chi connectivity index (χ3v) is 8.32. The molecule has 3 nitrogen and oxygen atoms in total. The molecule has 2 aliphatic carbocycles. The van der Waals surface area contributed by atoms with Gasteiger partial charge in [0.1, 0.15) is 5.75 Å². The number of phenolic OH excluding ortho intramolecular Hbond substituents is 1. The number of piperidine rings is 1. The second-order valence-corrected chi connectivity index (χ2v) is 10.5. The van der Waals surface area contributed by atoms with Gasteiger partial charge in [-0.3, -0.25) is 4.98 Å². The SMILES string of the molecule is Oc1cccc([C@@]23CCN(CC4CC4)C[C@@H]2Cc2cc4cccc(Br)c4nc2C3)c1. The summed E-state index contributed by atoms with van der Waals surface area (Å²) in [5.41, 5.74) is 5.07. The molecule has 1 aromatic heterocycles. The number of aromatic nitrogens is 1. The molecular weight excluding hydrogens is 436 g/mol. The summed E-state index contributed by atoms with van der Waals surface area (Å²) < 4.78 is 1.07. The first kappa shape index (κ1) is 18.8. The highest BCUT2D eigenvalue weighted by atomic mass is 79.9. The van der Waals surface area contributed by atoms with E-state index in [0.717, 1.165) is 48.3 Å². The number of fused-ring (bicyclic) bond motifs is 3. The predicted octanol–water partition coefficient (Wildman–Crippen LogP) is 5.47. The van der Waals surface area contributed by atoms with Crippen molar-refractivity contribution in [3.63, 3.8) is 0 Å². The largest absolute Gasteiger partial charge is 0.508 e. The van der Waals surface area contributed by atoms with Gasteiger partial charge in [-0.05, 0) is 95.4 Å². The first-order chi connectivity index (χ1) is 14.6. The molecule has 0 unspecified atom stereocenters. The van der Waals surface area contributed by atoms with Gasteiger partial charge < -0.3 is 10.0 Å². The normalized spacial score (nSPS) is 26.4. The maximum Gasteiger partial charge on any atom is 0.115 e. The van der Waals surface area contributed by atoms with E-state index in [9.17, 15) is 5.11 Å². The smallest absolute Gasteiger partial charge is 0.115 e. The number of pyridine rings is 1. The molecule has 30 heavy (non-hydrogen) atoms. The van der Waals surface area contributed by atoms with E-state index in [1.54, 1.807) is 6.07 Å². The number of aromatic hydroxyl groups is 1. The zero-order chi connectivity index (χ0) is 20.3. The summed E-state index contributed by atoms with van der Waals surface area (Å²) >= 11 is 3.70. The van der Waals surface area contributed by atoms with Crippen LogP contribution in [0, 0.1) is 11.8 Å². The summed E-state index contributed by atoms with van der Waals surface area (Å²) in [7, 11) is 0. The summed E-state index contributed by atoms with van der Waals surface area (Å²) in [5, 5.41) is 11.5. The number of halogens is 1. The molecule has 4 heteroatoms. The molecule has 2 atom stereocenters. The maximum absolute atomic E-state index is 10.3. The Hall–Kier alpha value is -1.91. The van der Waals surface area contributed by atoms with Gasteiger partial charge in [0, 0.05) is 40.5 Å². The molecule has 1 N–H and O–H groups in total. The lowest BCUT2D eigenvalue weighted by Crippen LogP contribution is -2.54. The van der Waals surface area contributed by atoms with Crippen LogP contribution >= 0.6 is 15.9 Å². The van der Waals surface area contributed by atoms with Crippen molar-refractivity contribution < 1.29 is 5.11 Å². The fourth-order valence-electron chi connectivity index (χ4n) is 5.90. The maximum atomic E-state index is 10.3. The molecule has 0 amide bonds. The third-order valence-electron chi connectivity index (χ3n) is 7.68. The fourth-order valence-corrected chi connectivity index (χ4v) is 6.37. The van der Waals surface area contributed by atoms with Crippen LogP contribution in [0.5, 0.6) is 5.75 Å². The summed E-state index contributed by atoms with van der Waals surface area (Å²) in [6.45, 7) is 3.57.